The van der Waals surface area contributed by atoms with Crippen molar-refractivity contribution in [2.45, 2.75) is 57.9 Å². The molecule has 1 fully saturated rings. The summed E-state index contributed by atoms with van der Waals surface area (Å²) >= 11 is 0. The largest absolute Gasteiger partial charge is 0.493 e. The van der Waals surface area contributed by atoms with E-state index in [4.69, 9.17) is 4.74 Å². The quantitative estimate of drug-likeness (QED) is 0.883. The monoisotopic (exact) mass is 273 g/mol. The Labute approximate surface area is 122 Å². The first kappa shape index (κ1) is 13.9. The van der Waals surface area contributed by atoms with E-state index in [1.807, 2.05) is 0 Å². The zero-order chi connectivity index (χ0) is 13.8. The lowest BCUT2D eigenvalue weighted by Gasteiger charge is -2.28. The summed E-state index contributed by atoms with van der Waals surface area (Å²) in [5, 5.41) is 3.75. The number of benzene rings is 1. The molecule has 3 rings (SSSR count). The highest BCUT2D eigenvalue weighted by atomic mass is 16.5. The SMILES string of the molecule is CCC1CCC(NCCc2ccc3c(c2)CCO3)CC1. The van der Waals surface area contributed by atoms with E-state index in [2.05, 4.69) is 30.4 Å². The van der Waals surface area contributed by atoms with E-state index in [9.17, 15) is 0 Å². The minimum atomic E-state index is 0.760. The Kier molecular flexibility index (Phi) is 4.62. The lowest BCUT2D eigenvalue weighted by molar-refractivity contribution is 0.287. The summed E-state index contributed by atoms with van der Waals surface area (Å²) in [5.41, 5.74) is 2.84. The molecular weight excluding hydrogens is 246 g/mol. The van der Waals surface area contributed by atoms with Gasteiger partial charge in [0.25, 0.3) is 0 Å². The van der Waals surface area contributed by atoms with Gasteiger partial charge in [-0.3, -0.25) is 0 Å². The van der Waals surface area contributed by atoms with Gasteiger partial charge in [0.1, 0.15) is 5.75 Å². The van der Waals surface area contributed by atoms with Crippen LogP contribution in [0, 0.1) is 5.92 Å². The molecule has 0 bridgehead atoms. The van der Waals surface area contributed by atoms with E-state index in [1.165, 1.54) is 43.2 Å². The fourth-order valence-corrected chi connectivity index (χ4v) is 3.59. The summed E-state index contributed by atoms with van der Waals surface area (Å²) in [5.74, 6) is 2.09. The van der Waals surface area contributed by atoms with Crippen molar-refractivity contribution in [2.75, 3.05) is 13.2 Å². The molecule has 1 aliphatic heterocycles. The molecule has 1 N–H and O–H groups in total. The van der Waals surface area contributed by atoms with Crippen LogP contribution in [0.2, 0.25) is 0 Å². The van der Waals surface area contributed by atoms with Crippen molar-refractivity contribution < 1.29 is 4.74 Å². The van der Waals surface area contributed by atoms with Gasteiger partial charge >= 0.3 is 0 Å². The minimum Gasteiger partial charge on any atom is -0.493 e. The summed E-state index contributed by atoms with van der Waals surface area (Å²) in [7, 11) is 0. The van der Waals surface area contributed by atoms with E-state index in [-0.39, 0.29) is 0 Å². The van der Waals surface area contributed by atoms with Gasteiger partial charge in [0, 0.05) is 12.5 Å². The Morgan fingerprint density at radius 3 is 2.85 bits per heavy atom. The summed E-state index contributed by atoms with van der Waals surface area (Å²) < 4.78 is 5.56. The van der Waals surface area contributed by atoms with Crippen LogP contribution in [0.5, 0.6) is 5.75 Å². The predicted octanol–water partition coefficient (Wildman–Crippen LogP) is 3.72. The van der Waals surface area contributed by atoms with Crippen LogP contribution in [0.4, 0.5) is 0 Å². The van der Waals surface area contributed by atoms with Gasteiger partial charge in [-0.05, 0) is 61.8 Å². The normalized spacial score (nSPS) is 25.2. The van der Waals surface area contributed by atoms with Gasteiger partial charge in [-0.2, -0.15) is 0 Å². The van der Waals surface area contributed by atoms with Crippen LogP contribution in [-0.2, 0) is 12.8 Å². The summed E-state index contributed by atoms with van der Waals surface area (Å²) in [4.78, 5) is 0. The molecule has 0 radical (unpaired) electrons. The van der Waals surface area contributed by atoms with Crippen molar-refractivity contribution in [1.82, 2.24) is 5.32 Å². The first-order chi connectivity index (χ1) is 9.85. The average molecular weight is 273 g/mol. The van der Waals surface area contributed by atoms with Crippen molar-refractivity contribution in [3.8, 4) is 5.75 Å². The third-order valence-electron chi connectivity index (χ3n) is 5.02. The zero-order valence-corrected chi connectivity index (χ0v) is 12.7. The van der Waals surface area contributed by atoms with E-state index in [0.29, 0.717) is 0 Å². The molecule has 0 amide bonds. The van der Waals surface area contributed by atoms with E-state index in [0.717, 1.165) is 43.7 Å². The van der Waals surface area contributed by atoms with Crippen molar-refractivity contribution in [2.24, 2.45) is 5.92 Å². The van der Waals surface area contributed by atoms with Gasteiger partial charge in [-0.1, -0.05) is 25.5 Å². The van der Waals surface area contributed by atoms with Gasteiger partial charge in [-0.25, -0.2) is 0 Å². The molecule has 0 saturated heterocycles. The van der Waals surface area contributed by atoms with Gasteiger partial charge in [0.15, 0.2) is 0 Å². The molecule has 0 spiro atoms. The van der Waals surface area contributed by atoms with Crippen LogP contribution < -0.4 is 10.1 Å². The third kappa shape index (κ3) is 3.35. The number of fused-ring (bicyclic) bond motifs is 1. The molecule has 1 aliphatic carbocycles. The van der Waals surface area contributed by atoms with Crippen LogP contribution in [0.3, 0.4) is 0 Å². The standard InChI is InChI=1S/C18H27NO/c1-2-14-3-6-17(7-4-14)19-11-9-15-5-8-18-16(13-15)10-12-20-18/h5,8,13-14,17,19H,2-4,6-7,9-12H2,1H3. The molecule has 110 valence electrons. The van der Waals surface area contributed by atoms with E-state index in [1.54, 1.807) is 0 Å². The van der Waals surface area contributed by atoms with Crippen LogP contribution in [0.1, 0.15) is 50.2 Å². The van der Waals surface area contributed by atoms with Gasteiger partial charge in [-0.15, -0.1) is 0 Å². The summed E-state index contributed by atoms with van der Waals surface area (Å²) in [6, 6.07) is 7.46. The maximum absolute atomic E-state index is 5.56. The first-order valence-electron chi connectivity index (χ1n) is 8.33. The minimum absolute atomic E-state index is 0.760. The summed E-state index contributed by atoms with van der Waals surface area (Å²) in [6.07, 6.45) is 9.17. The first-order valence-corrected chi connectivity index (χ1v) is 8.33. The van der Waals surface area contributed by atoms with Crippen molar-refractivity contribution in [1.29, 1.82) is 0 Å². The van der Waals surface area contributed by atoms with E-state index < -0.39 is 0 Å². The number of rotatable bonds is 5. The fraction of sp³-hybridized carbons (Fsp3) is 0.667. The third-order valence-corrected chi connectivity index (χ3v) is 5.02. The summed E-state index contributed by atoms with van der Waals surface area (Å²) in [6.45, 7) is 4.30. The lowest BCUT2D eigenvalue weighted by Crippen LogP contribution is -2.34. The fourth-order valence-electron chi connectivity index (χ4n) is 3.59. The van der Waals surface area contributed by atoms with Crippen LogP contribution in [0.25, 0.3) is 0 Å². The Hall–Kier alpha value is -1.02. The Morgan fingerprint density at radius 2 is 2.05 bits per heavy atom. The molecule has 0 aromatic heterocycles. The smallest absolute Gasteiger partial charge is 0.122 e. The number of hydrogen-bond acceptors (Lipinski definition) is 2. The second kappa shape index (κ2) is 6.62. The highest BCUT2D eigenvalue weighted by Crippen LogP contribution is 2.27. The average Bonchev–Trinajstić information content (AvgIpc) is 2.95. The Bertz CT molecular complexity index is 435. The van der Waals surface area contributed by atoms with Crippen molar-refractivity contribution in [3.05, 3.63) is 29.3 Å². The van der Waals surface area contributed by atoms with Crippen LogP contribution in [-0.4, -0.2) is 19.2 Å². The number of ether oxygens (including phenoxy) is 1. The molecular formula is C18H27NO. The number of nitrogens with one attached hydrogen (secondary N) is 1. The van der Waals surface area contributed by atoms with Gasteiger partial charge < -0.3 is 10.1 Å². The maximum Gasteiger partial charge on any atom is 0.122 e. The molecule has 2 aliphatic rings. The second-order valence-corrected chi connectivity index (χ2v) is 6.37. The molecule has 0 atom stereocenters. The lowest BCUT2D eigenvalue weighted by atomic mass is 9.84. The van der Waals surface area contributed by atoms with Crippen LogP contribution >= 0.6 is 0 Å². The molecule has 2 heteroatoms. The van der Waals surface area contributed by atoms with Crippen molar-refractivity contribution in [3.63, 3.8) is 0 Å². The highest BCUT2D eigenvalue weighted by molar-refractivity contribution is 5.39. The molecule has 1 aromatic carbocycles. The molecule has 1 aromatic rings. The van der Waals surface area contributed by atoms with E-state index >= 15 is 0 Å². The Balaban J connectivity index is 1.42. The molecule has 2 nitrogen and oxygen atoms in total. The topological polar surface area (TPSA) is 21.3 Å². The van der Waals surface area contributed by atoms with Gasteiger partial charge in [0.05, 0.1) is 6.61 Å². The molecule has 1 saturated carbocycles. The van der Waals surface area contributed by atoms with Crippen LogP contribution in [0.15, 0.2) is 18.2 Å². The zero-order valence-electron chi connectivity index (χ0n) is 12.7. The molecule has 0 unspecified atom stereocenters. The Morgan fingerprint density at radius 1 is 1.20 bits per heavy atom. The molecule has 1 heterocycles. The maximum atomic E-state index is 5.56. The number of hydrogen-bond donors (Lipinski definition) is 1. The second-order valence-electron chi connectivity index (χ2n) is 6.37. The highest BCUT2D eigenvalue weighted by Gasteiger charge is 2.19. The van der Waals surface area contributed by atoms with Crippen molar-refractivity contribution >= 4 is 0 Å². The molecule has 20 heavy (non-hydrogen) atoms. The predicted molar refractivity (Wildman–Crippen MR) is 83.4 cm³/mol. The van der Waals surface area contributed by atoms with Gasteiger partial charge in [0.2, 0.25) is 0 Å².